The summed E-state index contributed by atoms with van der Waals surface area (Å²) >= 11 is 0. The fourth-order valence-corrected chi connectivity index (χ4v) is 8.20. The van der Waals surface area contributed by atoms with E-state index >= 15 is 0 Å². The number of carbonyl (C=O) groups excluding carboxylic acids is 15. The quantitative estimate of drug-likeness (QED) is 0.0232. The topological polar surface area (TPSA) is 420 Å². The van der Waals surface area contributed by atoms with Crippen molar-refractivity contribution < 1.29 is 100 Å². The predicted octanol–water partition coefficient (Wildman–Crippen LogP) is 3.54. The molecule has 0 heterocycles. The van der Waals surface area contributed by atoms with E-state index in [-0.39, 0.29) is 168 Å². The lowest BCUT2D eigenvalue weighted by Gasteiger charge is -2.15. The van der Waals surface area contributed by atoms with E-state index in [1.54, 1.807) is 41.5 Å². The number of anilines is 3. The fraction of sp³-hybridized carbons (Fsp3) is 0.381. The van der Waals surface area contributed by atoms with E-state index in [4.69, 9.17) is 28.4 Å². The molecule has 0 aromatic heterocycles. The maximum atomic E-state index is 14.6. The zero-order valence-electron chi connectivity index (χ0n) is 52.2. The molecule has 9 amide bonds. The van der Waals surface area contributed by atoms with E-state index in [9.17, 15) is 71.9 Å². The molecule has 4 rings (SSSR count). The smallest absolute Gasteiger partial charge is 0.307 e. The summed E-state index contributed by atoms with van der Waals surface area (Å²) < 4.78 is 29.6. The summed E-state index contributed by atoms with van der Waals surface area (Å²) in [7, 11) is 0. The van der Waals surface area contributed by atoms with Crippen molar-refractivity contribution in [2.45, 2.75) is 80.1 Å². The van der Waals surface area contributed by atoms with Crippen molar-refractivity contribution in [3.05, 3.63) is 123 Å². The largest absolute Gasteiger partial charge is 0.466 e. The number of nitrogens with one attached hydrogen (secondary N) is 9. The zero-order valence-corrected chi connectivity index (χ0v) is 52.2. The minimum absolute atomic E-state index is 0.0836. The van der Waals surface area contributed by atoms with Crippen LogP contribution in [-0.4, -0.2) is 168 Å². The minimum Gasteiger partial charge on any atom is -0.466 e. The van der Waals surface area contributed by atoms with E-state index in [1.165, 1.54) is 54.6 Å². The number of amides is 9. The van der Waals surface area contributed by atoms with Gasteiger partial charge in [-0.3, -0.25) is 71.9 Å². The Balaban J connectivity index is 1.88. The second-order valence-corrected chi connectivity index (χ2v) is 19.4. The molecule has 0 atom stereocenters. The molecule has 30 heteroatoms. The van der Waals surface area contributed by atoms with Crippen LogP contribution in [0.1, 0.15) is 173 Å². The number of hydrogen-bond donors (Lipinski definition) is 9. The summed E-state index contributed by atoms with van der Waals surface area (Å²) in [5.74, 6) is -11.7. The second-order valence-electron chi connectivity index (χ2n) is 19.4. The van der Waals surface area contributed by atoms with Crippen LogP contribution in [0.15, 0.2) is 72.8 Å². The van der Waals surface area contributed by atoms with Crippen LogP contribution in [0.3, 0.4) is 0 Å². The first kappa shape index (κ1) is 74.4. The third-order valence-corrected chi connectivity index (χ3v) is 12.4. The molecule has 4 aromatic carbocycles. The summed E-state index contributed by atoms with van der Waals surface area (Å²) in [4.78, 5) is 198. The van der Waals surface area contributed by atoms with E-state index < -0.39 is 106 Å². The van der Waals surface area contributed by atoms with Crippen molar-refractivity contribution in [2.75, 3.05) is 94.9 Å². The summed E-state index contributed by atoms with van der Waals surface area (Å²) in [5, 5.41) is 22.9. The first-order valence-corrected chi connectivity index (χ1v) is 29.7. The highest BCUT2D eigenvalue weighted by atomic mass is 16.5. The molecule has 9 N–H and O–H groups in total. The lowest BCUT2D eigenvalue weighted by atomic mass is 10.0. The Morgan fingerprint density at radius 2 is 0.366 bits per heavy atom. The highest BCUT2D eigenvalue weighted by Gasteiger charge is 2.23. The number of benzene rings is 4. The lowest BCUT2D eigenvalue weighted by molar-refractivity contribution is -0.143. The molecule has 0 aliphatic heterocycles. The summed E-state index contributed by atoms with van der Waals surface area (Å²) in [6.07, 6.45) is -1.33. The molecule has 0 fully saturated rings. The van der Waals surface area contributed by atoms with Gasteiger partial charge in [0, 0.05) is 106 Å². The molecule has 0 aliphatic rings. The maximum Gasteiger partial charge on any atom is 0.307 e. The molecular weight excluding hydrogens is 1220 g/mol. The molecule has 0 spiro atoms. The van der Waals surface area contributed by atoms with Crippen molar-refractivity contribution in [2.24, 2.45) is 0 Å². The van der Waals surface area contributed by atoms with Crippen molar-refractivity contribution in [1.29, 1.82) is 0 Å². The molecule has 30 nitrogen and oxygen atoms in total. The van der Waals surface area contributed by atoms with Gasteiger partial charge in [-0.05, 0) is 114 Å². The van der Waals surface area contributed by atoms with Crippen molar-refractivity contribution in [1.82, 2.24) is 31.9 Å². The highest BCUT2D eigenvalue weighted by Crippen LogP contribution is 2.23. The van der Waals surface area contributed by atoms with Crippen LogP contribution in [0.5, 0.6) is 0 Å². The number of hydrogen-bond acceptors (Lipinski definition) is 21. The Hall–Kier alpha value is -11.1. The van der Waals surface area contributed by atoms with E-state index in [0.717, 1.165) is 18.2 Å². The van der Waals surface area contributed by atoms with Crippen LogP contribution in [0.4, 0.5) is 17.1 Å². The van der Waals surface area contributed by atoms with E-state index in [0.29, 0.717) is 0 Å². The Kier molecular flexibility index (Phi) is 31.3. The van der Waals surface area contributed by atoms with Crippen LogP contribution < -0.4 is 47.9 Å². The van der Waals surface area contributed by atoms with Crippen LogP contribution in [0.25, 0.3) is 0 Å². The van der Waals surface area contributed by atoms with Gasteiger partial charge < -0.3 is 76.3 Å². The SMILES string of the molecule is CCOC(=O)CCNC(=O)c1cc(NC(=O)c2cc(C(=O)Nc3cc(C(=O)NCCC(=O)OCC)cc(C(=O)NCCC(=O)OCC)c3)cc(C(=O)Nc3cc(C(=O)NCCC(=O)OCC)cc(C(=O)NCCC(=O)OCC)c3)c2)cc(C(=O)NCCC(=O)OCC)c1. The van der Waals surface area contributed by atoms with Crippen molar-refractivity contribution in [3.63, 3.8) is 0 Å². The maximum absolute atomic E-state index is 14.6. The molecule has 498 valence electrons. The Labute approximate surface area is 534 Å². The van der Waals surface area contributed by atoms with E-state index in [2.05, 4.69) is 47.9 Å². The average Bonchev–Trinajstić information content (AvgIpc) is 0.889. The number of rotatable bonds is 36. The minimum atomic E-state index is -1.07. The van der Waals surface area contributed by atoms with Gasteiger partial charge in [-0.15, -0.1) is 0 Å². The molecular formula is C63H75N9O21. The summed E-state index contributed by atoms with van der Waals surface area (Å²) in [6, 6.07) is 13.6. The second kappa shape index (κ2) is 39.1. The predicted molar refractivity (Wildman–Crippen MR) is 331 cm³/mol. The number of carbonyl (C=O) groups is 15. The van der Waals surface area contributed by atoms with Gasteiger partial charge in [0.1, 0.15) is 0 Å². The molecule has 0 aliphatic carbocycles. The van der Waals surface area contributed by atoms with Crippen molar-refractivity contribution >= 4 is 106 Å². The first-order valence-electron chi connectivity index (χ1n) is 29.7. The van der Waals surface area contributed by atoms with Gasteiger partial charge in [0.05, 0.1) is 78.2 Å². The normalized spacial score (nSPS) is 10.4. The molecule has 0 bridgehead atoms. The highest BCUT2D eigenvalue weighted by molar-refractivity contribution is 6.15. The molecule has 0 radical (unpaired) electrons. The summed E-state index contributed by atoms with van der Waals surface area (Å²) in [5.41, 5.74) is -3.15. The lowest BCUT2D eigenvalue weighted by Crippen LogP contribution is -2.29. The summed E-state index contributed by atoms with van der Waals surface area (Å²) in [6.45, 7) is 8.90. The fourth-order valence-electron chi connectivity index (χ4n) is 8.20. The standard InChI is InChI=1S/C63H75N9O21/c1-7-88-49(73)13-19-64-55(79)40-28-41(56(80)65-20-14-50(74)89-8-2)32-46(31-40)70-61(85)37-25-38(62(86)71-47-33-42(57(81)66-21-15-51(75)90-9-3)29-43(34-47)58(82)67-22-16-52(76)91-10-4)27-39(26-37)63(87)72-48-35-44(59(83)68-23-17-53(77)92-11-5)30-45(36-48)60(84)69-24-18-54(78)93-12-6/h25-36H,7-24H2,1-6H3,(H,64,79)(H,65,80)(H,66,81)(H,67,82)(H,68,83)(H,69,84)(H,70,85)(H,71,86)(H,72,87). The van der Waals surface area contributed by atoms with Crippen LogP contribution >= 0.6 is 0 Å². The molecule has 4 aromatic rings. The van der Waals surface area contributed by atoms with Gasteiger partial charge in [0.2, 0.25) is 0 Å². The third-order valence-electron chi connectivity index (χ3n) is 12.4. The van der Waals surface area contributed by atoms with Crippen molar-refractivity contribution in [3.8, 4) is 0 Å². The first-order chi connectivity index (χ1) is 44.5. The van der Waals surface area contributed by atoms with E-state index in [1.807, 2.05) is 0 Å². The van der Waals surface area contributed by atoms with Crippen LogP contribution in [0.2, 0.25) is 0 Å². The van der Waals surface area contributed by atoms with Crippen LogP contribution in [-0.2, 0) is 57.2 Å². The zero-order chi connectivity index (χ0) is 68.4. The molecule has 0 saturated carbocycles. The molecule has 93 heavy (non-hydrogen) atoms. The monoisotopic (exact) mass is 1290 g/mol. The number of esters is 6. The average molecular weight is 1290 g/mol. The van der Waals surface area contributed by atoms with Gasteiger partial charge >= 0.3 is 35.8 Å². The Morgan fingerprint density at radius 3 is 0.505 bits per heavy atom. The van der Waals surface area contributed by atoms with Crippen LogP contribution in [0, 0.1) is 0 Å². The van der Waals surface area contributed by atoms with Gasteiger partial charge in [-0.25, -0.2) is 0 Å². The van der Waals surface area contributed by atoms with Gasteiger partial charge in [0.25, 0.3) is 53.2 Å². The Bertz CT molecular complexity index is 2910. The molecule has 0 saturated heterocycles. The number of ether oxygens (including phenoxy) is 6. The van der Waals surface area contributed by atoms with Gasteiger partial charge in [-0.2, -0.15) is 0 Å². The Morgan fingerprint density at radius 1 is 0.226 bits per heavy atom. The van der Waals surface area contributed by atoms with Gasteiger partial charge in [-0.1, -0.05) is 0 Å². The molecule has 0 unspecified atom stereocenters. The third kappa shape index (κ3) is 26.1. The van der Waals surface area contributed by atoms with Gasteiger partial charge in [0.15, 0.2) is 0 Å².